The summed E-state index contributed by atoms with van der Waals surface area (Å²) in [7, 11) is 0. The van der Waals surface area contributed by atoms with Crippen LogP contribution in [0.15, 0.2) is 42.5 Å². The standard InChI is InChI=1S/C16H9Cl2F3N2O3/c17-12-4-2-10(16(19,20)21)7-9(12)1-6-15(24)22-14-5-3-11(23(25)26)8-13(14)18/h1-8H,(H,22,24)/b6-1+. The maximum absolute atomic E-state index is 12.7. The normalized spacial score (nSPS) is 11.6. The van der Waals surface area contributed by atoms with Crippen LogP contribution < -0.4 is 5.32 Å². The van der Waals surface area contributed by atoms with Crippen LogP contribution in [0.1, 0.15) is 11.1 Å². The summed E-state index contributed by atoms with van der Waals surface area (Å²) in [5.41, 5.74) is -1.03. The molecule has 0 aromatic heterocycles. The molecule has 2 rings (SSSR count). The number of carbonyl (C=O) groups excluding carboxylic acids is 1. The van der Waals surface area contributed by atoms with Crippen molar-refractivity contribution in [1.29, 1.82) is 0 Å². The summed E-state index contributed by atoms with van der Waals surface area (Å²) >= 11 is 11.7. The lowest BCUT2D eigenvalue weighted by molar-refractivity contribution is -0.384. The summed E-state index contributed by atoms with van der Waals surface area (Å²) in [6.45, 7) is 0. The number of non-ortho nitro benzene ring substituents is 1. The topological polar surface area (TPSA) is 72.2 Å². The number of nitro benzene ring substituents is 1. The molecule has 0 fully saturated rings. The van der Waals surface area contributed by atoms with Crippen molar-refractivity contribution in [3.05, 3.63) is 73.8 Å². The van der Waals surface area contributed by atoms with E-state index in [9.17, 15) is 28.1 Å². The molecule has 26 heavy (non-hydrogen) atoms. The fourth-order valence-electron chi connectivity index (χ4n) is 1.91. The number of amides is 1. The molecule has 0 unspecified atom stereocenters. The van der Waals surface area contributed by atoms with E-state index >= 15 is 0 Å². The van der Waals surface area contributed by atoms with Gasteiger partial charge in [-0.2, -0.15) is 13.2 Å². The first-order valence-electron chi connectivity index (χ1n) is 6.87. The van der Waals surface area contributed by atoms with Crippen LogP contribution in [0.2, 0.25) is 10.0 Å². The summed E-state index contributed by atoms with van der Waals surface area (Å²) in [6, 6.07) is 6.17. The van der Waals surface area contributed by atoms with Gasteiger partial charge in [0.15, 0.2) is 0 Å². The predicted molar refractivity (Wildman–Crippen MR) is 92.2 cm³/mol. The van der Waals surface area contributed by atoms with Crippen LogP contribution >= 0.6 is 23.2 Å². The number of nitro groups is 1. The minimum atomic E-state index is -4.54. The van der Waals surface area contributed by atoms with Crippen LogP contribution in [0.4, 0.5) is 24.5 Å². The van der Waals surface area contributed by atoms with Crippen LogP contribution in [-0.2, 0) is 11.0 Å². The average Bonchev–Trinajstić information content (AvgIpc) is 2.54. The van der Waals surface area contributed by atoms with E-state index in [1.807, 2.05) is 0 Å². The zero-order chi connectivity index (χ0) is 19.5. The zero-order valence-corrected chi connectivity index (χ0v) is 14.2. The Balaban J connectivity index is 2.17. The van der Waals surface area contributed by atoms with Gasteiger partial charge in [-0.1, -0.05) is 23.2 Å². The smallest absolute Gasteiger partial charge is 0.321 e. The molecule has 0 saturated heterocycles. The van der Waals surface area contributed by atoms with E-state index in [4.69, 9.17) is 23.2 Å². The molecule has 0 atom stereocenters. The van der Waals surface area contributed by atoms with Crippen LogP contribution in [0, 0.1) is 10.1 Å². The second kappa shape index (κ2) is 7.76. The third-order valence-electron chi connectivity index (χ3n) is 3.16. The highest BCUT2D eigenvalue weighted by molar-refractivity contribution is 6.34. The summed E-state index contributed by atoms with van der Waals surface area (Å²) < 4.78 is 38.1. The first-order chi connectivity index (χ1) is 12.1. The van der Waals surface area contributed by atoms with Gasteiger partial charge in [-0.25, -0.2) is 0 Å². The third-order valence-corrected chi connectivity index (χ3v) is 3.82. The van der Waals surface area contributed by atoms with E-state index in [-0.39, 0.29) is 27.0 Å². The first kappa shape index (κ1) is 19.7. The Morgan fingerprint density at radius 1 is 1.12 bits per heavy atom. The van der Waals surface area contributed by atoms with Crippen LogP contribution in [0.3, 0.4) is 0 Å². The average molecular weight is 405 g/mol. The van der Waals surface area contributed by atoms with E-state index in [2.05, 4.69) is 5.32 Å². The molecular weight excluding hydrogens is 396 g/mol. The van der Waals surface area contributed by atoms with Crippen molar-refractivity contribution in [3.63, 3.8) is 0 Å². The number of alkyl halides is 3. The Hall–Kier alpha value is -2.58. The van der Waals surface area contributed by atoms with Crippen LogP contribution in [0.5, 0.6) is 0 Å². The highest BCUT2D eigenvalue weighted by Crippen LogP contribution is 2.32. The number of nitrogens with one attached hydrogen (secondary N) is 1. The second-order valence-electron chi connectivity index (χ2n) is 4.98. The molecule has 5 nitrogen and oxygen atoms in total. The molecular formula is C16H9Cl2F3N2O3. The molecule has 2 aromatic carbocycles. The Morgan fingerprint density at radius 2 is 1.81 bits per heavy atom. The highest BCUT2D eigenvalue weighted by atomic mass is 35.5. The fraction of sp³-hybridized carbons (Fsp3) is 0.0625. The Kier molecular flexibility index (Phi) is 5.89. The van der Waals surface area contributed by atoms with Gasteiger partial charge < -0.3 is 5.32 Å². The maximum Gasteiger partial charge on any atom is 0.416 e. The summed E-state index contributed by atoms with van der Waals surface area (Å²) in [5, 5.41) is 13.0. The first-order valence-corrected chi connectivity index (χ1v) is 7.63. The minimum Gasteiger partial charge on any atom is -0.321 e. The number of carbonyl (C=O) groups is 1. The summed E-state index contributed by atoms with van der Waals surface area (Å²) in [5.74, 6) is -0.700. The van der Waals surface area contributed by atoms with E-state index in [0.29, 0.717) is 0 Å². The Morgan fingerprint density at radius 3 is 2.38 bits per heavy atom. The van der Waals surface area contributed by atoms with Crippen LogP contribution in [0.25, 0.3) is 6.08 Å². The molecule has 0 spiro atoms. The molecule has 0 bridgehead atoms. The highest BCUT2D eigenvalue weighted by Gasteiger charge is 2.30. The summed E-state index contributed by atoms with van der Waals surface area (Å²) in [6.07, 6.45) is -2.45. The SMILES string of the molecule is O=C(/C=C/c1cc(C(F)(F)F)ccc1Cl)Nc1ccc([N+](=O)[O-])cc1Cl. The van der Waals surface area contributed by atoms with Gasteiger partial charge in [-0.15, -0.1) is 0 Å². The molecule has 1 amide bonds. The number of hydrogen-bond donors (Lipinski definition) is 1. The molecule has 0 aliphatic rings. The molecule has 0 aliphatic heterocycles. The number of nitrogens with zero attached hydrogens (tertiary/aromatic N) is 1. The van der Waals surface area contributed by atoms with Crippen molar-refractivity contribution in [2.45, 2.75) is 6.18 Å². The van der Waals surface area contributed by atoms with E-state index < -0.39 is 22.6 Å². The van der Waals surface area contributed by atoms with E-state index in [1.165, 1.54) is 6.07 Å². The van der Waals surface area contributed by atoms with Gasteiger partial charge in [0.1, 0.15) is 0 Å². The molecule has 0 aliphatic carbocycles. The zero-order valence-electron chi connectivity index (χ0n) is 12.7. The van der Waals surface area contributed by atoms with E-state index in [0.717, 1.165) is 42.5 Å². The lowest BCUT2D eigenvalue weighted by atomic mass is 10.1. The van der Waals surface area contributed by atoms with Crippen molar-refractivity contribution in [3.8, 4) is 0 Å². The molecule has 2 aromatic rings. The fourth-order valence-corrected chi connectivity index (χ4v) is 2.31. The van der Waals surface area contributed by atoms with Crippen molar-refractivity contribution in [2.24, 2.45) is 0 Å². The third kappa shape index (κ3) is 4.96. The molecule has 0 radical (unpaired) electrons. The van der Waals surface area contributed by atoms with Gasteiger partial charge in [0.05, 0.1) is 21.2 Å². The number of hydrogen-bond acceptors (Lipinski definition) is 3. The number of halogens is 5. The van der Waals surface area contributed by atoms with Gasteiger partial charge in [0.25, 0.3) is 5.69 Å². The lowest BCUT2D eigenvalue weighted by Gasteiger charge is -2.08. The van der Waals surface area contributed by atoms with Gasteiger partial charge in [-0.05, 0) is 35.9 Å². The van der Waals surface area contributed by atoms with Crippen molar-refractivity contribution >= 4 is 46.6 Å². The number of rotatable bonds is 4. The van der Waals surface area contributed by atoms with Gasteiger partial charge >= 0.3 is 6.18 Å². The summed E-state index contributed by atoms with van der Waals surface area (Å²) in [4.78, 5) is 21.9. The van der Waals surface area contributed by atoms with E-state index in [1.54, 1.807) is 0 Å². The predicted octanol–water partition coefficient (Wildman–Crippen LogP) is 5.57. The van der Waals surface area contributed by atoms with Gasteiger partial charge in [0.2, 0.25) is 5.91 Å². The minimum absolute atomic E-state index is 0.00596. The quantitative estimate of drug-likeness (QED) is 0.411. The number of anilines is 1. The molecule has 136 valence electrons. The Bertz CT molecular complexity index is 899. The largest absolute Gasteiger partial charge is 0.416 e. The van der Waals surface area contributed by atoms with Gasteiger partial charge in [-0.3, -0.25) is 14.9 Å². The Labute approximate surface area is 155 Å². The van der Waals surface area contributed by atoms with Crippen molar-refractivity contribution in [1.82, 2.24) is 0 Å². The van der Waals surface area contributed by atoms with Crippen molar-refractivity contribution in [2.75, 3.05) is 5.32 Å². The van der Waals surface area contributed by atoms with Crippen LogP contribution in [-0.4, -0.2) is 10.8 Å². The monoisotopic (exact) mass is 404 g/mol. The lowest BCUT2D eigenvalue weighted by Crippen LogP contribution is -2.08. The number of benzene rings is 2. The second-order valence-corrected chi connectivity index (χ2v) is 5.79. The molecule has 0 heterocycles. The molecule has 10 heteroatoms. The van der Waals surface area contributed by atoms with Gasteiger partial charge in [0, 0.05) is 23.2 Å². The molecule has 0 saturated carbocycles. The maximum atomic E-state index is 12.7. The van der Waals surface area contributed by atoms with Crippen molar-refractivity contribution < 1.29 is 22.9 Å². The molecule has 1 N–H and O–H groups in total.